The van der Waals surface area contributed by atoms with Crippen LogP contribution >= 0.6 is 11.3 Å². The zero-order valence-corrected chi connectivity index (χ0v) is 12.6. The van der Waals surface area contributed by atoms with Gasteiger partial charge >= 0.3 is 0 Å². The lowest BCUT2D eigenvalue weighted by Crippen LogP contribution is -2.33. The summed E-state index contributed by atoms with van der Waals surface area (Å²) in [5.74, 6) is 2.92. The third kappa shape index (κ3) is 2.52. The first-order valence-corrected chi connectivity index (χ1v) is 7.89. The molecule has 108 valence electrons. The summed E-state index contributed by atoms with van der Waals surface area (Å²) in [6, 6.07) is 3.95. The molecular weight excluding hydrogens is 284 g/mol. The van der Waals surface area contributed by atoms with E-state index in [1.807, 2.05) is 31.5 Å². The molecule has 0 aromatic carbocycles. The van der Waals surface area contributed by atoms with Crippen molar-refractivity contribution in [2.24, 2.45) is 0 Å². The first-order valence-electron chi connectivity index (χ1n) is 7.01. The second kappa shape index (κ2) is 5.13. The van der Waals surface area contributed by atoms with Gasteiger partial charge in [-0.3, -0.25) is 4.90 Å². The van der Waals surface area contributed by atoms with Crippen LogP contribution in [0.5, 0.6) is 0 Å². The SMILES string of the molecule is Cc1ccc(-c2nc(CN3CCn4ccnc4C3)cs2)o1. The smallest absolute Gasteiger partial charge is 0.162 e. The van der Waals surface area contributed by atoms with E-state index in [4.69, 9.17) is 4.42 Å². The second-order valence-electron chi connectivity index (χ2n) is 5.30. The maximum atomic E-state index is 5.63. The predicted octanol–water partition coefficient (Wildman–Crippen LogP) is 2.92. The van der Waals surface area contributed by atoms with Crippen molar-refractivity contribution in [2.75, 3.05) is 6.54 Å². The van der Waals surface area contributed by atoms with Gasteiger partial charge in [-0.25, -0.2) is 9.97 Å². The highest BCUT2D eigenvalue weighted by Crippen LogP contribution is 2.26. The van der Waals surface area contributed by atoms with Crippen LogP contribution in [0.2, 0.25) is 0 Å². The highest BCUT2D eigenvalue weighted by Gasteiger charge is 2.18. The van der Waals surface area contributed by atoms with Crippen LogP contribution in [0.3, 0.4) is 0 Å². The molecule has 6 heteroatoms. The van der Waals surface area contributed by atoms with Crippen LogP contribution in [0.15, 0.2) is 34.3 Å². The highest BCUT2D eigenvalue weighted by atomic mass is 32.1. The summed E-state index contributed by atoms with van der Waals surface area (Å²) in [6.45, 7) is 5.75. The van der Waals surface area contributed by atoms with E-state index in [9.17, 15) is 0 Å². The third-order valence-corrected chi connectivity index (χ3v) is 4.62. The van der Waals surface area contributed by atoms with Gasteiger partial charge in [0.1, 0.15) is 11.6 Å². The van der Waals surface area contributed by atoms with E-state index in [0.717, 1.165) is 54.2 Å². The molecule has 4 heterocycles. The Bertz CT molecular complexity index is 757. The number of furan rings is 1. The molecule has 21 heavy (non-hydrogen) atoms. The van der Waals surface area contributed by atoms with Gasteiger partial charge in [-0.2, -0.15) is 0 Å². The molecule has 0 saturated carbocycles. The van der Waals surface area contributed by atoms with Gasteiger partial charge in [0, 0.05) is 37.4 Å². The van der Waals surface area contributed by atoms with Gasteiger partial charge in [-0.05, 0) is 19.1 Å². The van der Waals surface area contributed by atoms with Crippen molar-refractivity contribution in [3.63, 3.8) is 0 Å². The number of hydrogen-bond donors (Lipinski definition) is 0. The first kappa shape index (κ1) is 12.8. The number of hydrogen-bond acceptors (Lipinski definition) is 5. The van der Waals surface area contributed by atoms with Crippen molar-refractivity contribution in [2.45, 2.75) is 26.6 Å². The average Bonchev–Trinajstić information content (AvgIpc) is 3.18. The van der Waals surface area contributed by atoms with Crippen LogP contribution in [0.1, 0.15) is 17.3 Å². The van der Waals surface area contributed by atoms with E-state index < -0.39 is 0 Å². The predicted molar refractivity (Wildman–Crippen MR) is 80.9 cm³/mol. The van der Waals surface area contributed by atoms with E-state index in [1.165, 1.54) is 0 Å². The van der Waals surface area contributed by atoms with Gasteiger partial charge in [0.25, 0.3) is 0 Å². The number of aryl methyl sites for hydroxylation is 1. The summed E-state index contributed by atoms with van der Waals surface area (Å²) < 4.78 is 7.85. The Balaban J connectivity index is 1.47. The fraction of sp³-hybridized carbons (Fsp3) is 0.333. The molecule has 1 aliphatic heterocycles. The van der Waals surface area contributed by atoms with Gasteiger partial charge in [0.15, 0.2) is 10.8 Å². The van der Waals surface area contributed by atoms with Crippen LogP contribution in [0.4, 0.5) is 0 Å². The molecule has 1 aliphatic rings. The molecule has 0 atom stereocenters. The van der Waals surface area contributed by atoms with Crippen molar-refractivity contribution in [1.82, 2.24) is 19.4 Å². The Morgan fingerprint density at radius 3 is 3.14 bits per heavy atom. The second-order valence-corrected chi connectivity index (χ2v) is 6.16. The molecule has 0 aliphatic carbocycles. The first-order chi connectivity index (χ1) is 10.3. The van der Waals surface area contributed by atoms with E-state index in [2.05, 4.69) is 24.8 Å². The number of thiazole rings is 1. The average molecular weight is 300 g/mol. The maximum Gasteiger partial charge on any atom is 0.162 e. The number of imidazole rings is 1. The van der Waals surface area contributed by atoms with Crippen LogP contribution in [-0.2, 0) is 19.6 Å². The van der Waals surface area contributed by atoms with Gasteiger partial charge in [-0.1, -0.05) is 0 Å². The van der Waals surface area contributed by atoms with Gasteiger partial charge < -0.3 is 8.98 Å². The Labute approximate surface area is 126 Å². The lowest BCUT2D eigenvalue weighted by atomic mass is 10.3. The van der Waals surface area contributed by atoms with Gasteiger partial charge in [0.05, 0.1) is 12.2 Å². The van der Waals surface area contributed by atoms with Gasteiger partial charge in [0.2, 0.25) is 0 Å². The van der Waals surface area contributed by atoms with E-state index >= 15 is 0 Å². The summed E-state index contributed by atoms with van der Waals surface area (Å²) in [6.07, 6.45) is 3.92. The van der Waals surface area contributed by atoms with E-state index in [1.54, 1.807) is 11.3 Å². The minimum atomic E-state index is 0.859. The summed E-state index contributed by atoms with van der Waals surface area (Å²) in [7, 11) is 0. The van der Waals surface area contributed by atoms with Crippen molar-refractivity contribution < 1.29 is 4.42 Å². The summed E-state index contributed by atoms with van der Waals surface area (Å²) in [4.78, 5) is 11.5. The summed E-state index contributed by atoms with van der Waals surface area (Å²) in [5.41, 5.74) is 1.10. The molecule has 0 saturated heterocycles. The lowest BCUT2D eigenvalue weighted by molar-refractivity contribution is 0.207. The molecule has 0 amide bonds. The molecule has 3 aromatic heterocycles. The number of rotatable bonds is 3. The lowest BCUT2D eigenvalue weighted by Gasteiger charge is -2.26. The Morgan fingerprint density at radius 1 is 1.33 bits per heavy atom. The normalized spacial score (nSPS) is 15.3. The Morgan fingerprint density at radius 2 is 2.29 bits per heavy atom. The fourth-order valence-electron chi connectivity index (χ4n) is 2.63. The fourth-order valence-corrected chi connectivity index (χ4v) is 3.40. The van der Waals surface area contributed by atoms with Crippen molar-refractivity contribution >= 4 is 11.3 Å². The molecule has 0 radical (unpaired) electrons. The van der Waals surface area contributed by atoms with Crippen molar-refractivity contribution in [1.29, 1.82) is 0 Å². The van der Waals surface area contributed by atoms with Crippen molar-refractivity contribution in [3.05, 3.63) is 47.2 Å². The number of fused-ring (bicyclic) bond motifs is 1. The number of aromatic nitrogens is 3. The molecule has 0 bridgehead atoms. The van der Waals surface area contributed by atoms with Crippen LogP contribution < -0.4 is 0 Å². The summed E-state index contributed by atoms with van der Waals surface area (Å²) in [5, 5.41) is 3.07. The minimum Gasteiger partial charge on any atom is -0.459 e. The molecule has 0 N–H and O–H groups in total. The Kier molecular flexibility index (Phi) is 3.12. The van der Waals surface area contributed by atoms with Crippen LogP contribution in [0.25, 0.3) is 10.8 Å². The zero-order valence-electron chi connectivity index (χ0n) is 11.8. The number of nitrogens with zero attached hydrogens (tertiary/aromatic N) is 4. The molecule has 3 aromatic rings. The summed E-state index contributed by atoms with van der Waals surface area (Å²) >= 11 is 1.64. The maximum absolute atomic E-state index is 5.63. The highest BCUT2D eigenvalue weighted by molar-refractivity contribution is 7.13. The van der Waals surface area contributed by atoms with Crippen LogP contribution in [0, 0.1) is 6.92 Å². The monoisotopic (exact) mass is 300 g/mol. The van der Waals surface area contributed by atoms with Gasteiger partial charge in [-0.15, -0.1) is 11.3 Å². The third-order valence-electron chi connectivity index (χ3n) is 3.71. The Hall–Kier alpha value is -1.92. The van der Waals surface area contributed by atoms with Crippen LogP contribution in [-0.4, -0.2) is 26.0 Å². The molecule has 0 spiro atoms. The van der Waals surface area contributed by atoms with Crippen molar-refractivity contribution in [3.8, 4) is 10.8 Å². The molecule has 4 rings (SSSR count). The zero-order chi connectivity index (χ0) is 14.2. The largest absolute Gasteiger partial charge is 0.459 e. The molecule has 5 nitrogen and oxygen atoms in total. The van der Waals surface area contributed by atoms with E-state index in [0.29, 0.717) is 0 Å². The minimum absolute atomic E-state index is 0.859. The quantitative estimate of drug-likeness (QED) is 0.746. The molecule has 0 fully saturated rings. The standard InChI is InChI=1S/C15H16N4OS/c1-11-2-3-13(20-11)15-17-12(10-21-15)8-18-6-7-19-5-4-16-14(19)9-18/h2-5,10H,6-9H2,1H3. The molecule has 0 unspecified atom stereocenters. The topological polar surface area (TPSA) is 47.1 Å². The molecular formula is C15H16N4OS. The van der Waals surface area contributed by atoms with E-state index in [-0.39, 0.29) is 0 Å².